The molecule has 0 saturated heterocycles. The molecule has 0 radical (unpaired) electrons. The predicted octanol–water partition coefficient (Wildman–Crippen LogP) is 2.33. The SMILES string of the molecule is COC(=O)[C@@H](NC(=O)[C@@H](NC(=O)OC(C)(C)C)[C@@H](C)O[Si](C)(C)C(C)(C)C)[C@@H](C)O. The van der Waals surface area contributed by atoms with Crippen LogP contribution in [0.1, 0.15) is 55.4 Å². The molecule has 0 bridgehead atoms. The summed E-state index contributed by atoms with van der Waals surface area (Å²) < 4.78 is 16.2. The molecule has 0 fully saturated rings. The van der Waals surface area contributed by atoms with E-state index < -0.39 is 56.2 Å². The Morgan fingerprint density at radius 2 is 1.43 bits per heavy atom. The van der Waals surface area contributed by atoms with E-state index in [1.807, 2.05) is 13.1 Å². The van der Waals surface area contributed by atoms with Crippen LogP contribution in [-0.4, -0.2) is 68.4 Å². The van der Waals surface area contributed by atoms with Gasteiger partial charge in [0.25, 0.3) is 0 Å². The van der Waals surface area contributed by atoms with E-state index in [-0.39, 0.29) is 5.04 Å². The second-order valence-corrected chi connectivity index (χ2v) is 14.7. The van der Waals surface area contributed by atoms with Gasteiger partial charge in [0, 0.05) is 0 Å². The van der Waals surface area contributed by atoms with Crippen LogP contribution in [0.25, 0.3) is 0 Å². The molecule has 4 atom stereocenters. The zero-order valence-corrected chi connectivity index (χ0v) is 21.2. The van der Waals surface area contributed by atoms with E-state index in [4.69, 9.17) is 9.16 Å². The molecule has 10 heteroatoms. The van der Waals surface area contributed by atoms with Crippen molar-refractivity contribution in [2.45, 2.75) is 103 Å². The fourth-order valence-electron chi connectivity index (χ4n) is 2.29. The van der Waals surface area contributed by atoms with Crippen molar-refractivity contribution in [3.8, 4) is 0 Å². The van der Waals surface area contributed by atoms with Crippen molar-refractivity contribution < 1.29 is 33.4 Å². The Labute approximate surface area is 181 Å². The summed E-state index contributed by atoms with van der Waals surface area (Å²) in [5, 5.41) is 14.7. The first-order valence-electron chi connectivity index (χ1n) is 10.1. The lowest BCUT2D eigenvalue weighted by atomic mass is 10.1. The lowest BCUT2D eigenvalue weighted by Crippen LogP contribution is -2.60. The molecule has 0 aliphatic rings. The van der Waals surface area contributed by atoms with Crippen molar-refractivity contribution in [2.75, 3.05) is 7.11 Å². The number of hydrogen-bond acceptors (Lipinski definition) is 7. The Morgan fingerprint density at radius 3 is 1.80 bits per heavy atom. The van der Waals surface area contributed by atoms with E-state index in [0.717, 1.165) is 7.11 Å². The standard InChI is InChI=1S/C20H40N2O7Si/c1-12(23)14(17(25)27-9)21-16(24)15(22-18(26)28-19(3,4)5)13(2)29-30(10,11)20(6,7)8/h12-15,23H,1-11H3,(H,21,24)(H,22,26)/t12-,13-,14+,15+/m1/s1. The van der Waals surface area contributed by atoms with Crippen LogP contribution in [0, 0.1) is 0 Å². The van der Waals surface area contributed by atoms with Crippen molar-refractivity contribution in [2.24, 2.45) is 0 Å². The Bertz CT molecular complexity index is 609. The minimum atomic E-state index is -2.28. The van der Waals surface area contributed by atoms with Gasteiger partial charge in [0.2, 0.25) is 5.91 Å². The molecule has 0 aromatic heterocycles. The van der Waals surface area contributed by atoms with Gasteiger partial charge in [-0.3, -0.25) is 4.79 Å². The topological polar surface area (TPSA) is 123 Å². The lowest BCUT2D eigenvalue weighted by Gasteiger charge is -2.40. The van der Waals surface area contributed by atoms with Crippen molar-refractivity contribution in [1.29, 1.82) is 0 Å². The molecule has 0 aliphatic carbocycles. The van der Waals surface area contributed by atoms with Gasteiger partial charge in [0.05, 0.1) is 19.3 Å². The number of nitrogens with one attached hydrogen (secondary N) is 2. The lowest BCUT2D eigenvalue weighted by molar-refractivity contribution is -0.148. The van der Waals surface area contributed by atoms with Crippen molar-refractivity contribution >= 4 is 26.3 Å². The molecule has 0 aromatic carbocycles. The highest BCUT2D eigenvalue weighted by Gasteiger charge is 2.42. The smallest absolute Gasteiger partial charge is 0.408 e. The molecule has 0 rings (SSSR count). The normalized spacial score (nSPS) is 16.7. The van der Waals surface area contributed by atoms with Gasteiger partial charge in [0.1, 0.15) is 11.6 Å². The van der Waals surface area contributed by atoms with E-state index in [0.29, 0.717) is 0 Å². The number of methoxy groups -OCH3 is 1. The van der Waals surface area contributed by atoms with Crippen molar-refractivity contribution in [1.82, 2.24) is 10.6 Å². The molecule has 0 saturated carbocycles. The number of aliphatic hydroxyl groups is 1. The number of carbonyl (C=O) groups is 3. The van der Waals surface area contributed by atoms with Gasteiger partial charge in [0.15, 0.2) is 14.4 Å². The summed E-state index contributed by atoms with van der Waals surface area (Å²) in [7, 11) is -1.12. The van der Waals surface area contributed by atoms with Gasteiger partial charge in [-0.15, -0.1) is 0 Å². The number of hydrogen-bond donors (Lipinski definition) is 3. The average molecular weight is 449 g/mol. The molecular weight excluding hydrogens is 408 g/mol. The highest BCUT2D eigenvalue weighted by atomic mass is 28.4. The average Bonchev–Trinajstić information content (AvgIpc) is 2.53. The number of alkyl carbamates (subject to hydrolysis) is 1. The number of rotatable bonds is 8. The van der Waals surface area contributed by atoms with Crippen molar-refractivity contribution in [3.63, 3.8) is 0 Å². The number of esters is 1. The number of amides is 2. The largest absolute Gasteiger partial charge is 0.467 e. The summed E-state index contributed by atoms with van der Waals surface area (Å²) in [5.41, 5.74) is -0.761. The highest BCUT2D eigenvalue weighted by molar-refractivity contribution is 6.74. The molecule has 0 spiro atoms. The summed E-state index contributed by atoms with van der Waals surface area (Å²) >= 11 is 0. The third-order valence-electron chi connectivity index (χ3n) is 4.95. The third-order valence-corrected chi connectivity index (χ3v) is 9.52. The van der Waals surface area contributed by atoms with Gasteiger partial charge in [-0.2, -0.15) is 0 Å². The van der Waals surface area contributed by atoms with Crippen LogP contribution in [0.5, 0.6) is 0 Å². The molecule has 0 aliphatic heterocycles. The summed E-state index contributed by atoms with van der Waals surface area (Å²) in [6, 6.07) is -2.44. The number of aliphatic hydroxyl groups excluding tert-OH is 1. The van der Waals surface area contributed by atoms with Gasteiger partial charge in [-0.1, -0.05) is 20.8 Å². The van der Waals surface area contributed by atoms with Gasteiger partial charge >= 0.3 is 12.1 Å². The van der Waals surface area contributed by atoms with Crippen LogP contribution in [0.2, 0.25) is 18.1 Å². The van der Waals surface area contributed by atoms with E-state index in [2.05, 4.69) is 36.1 Å². The van der Waals surface area contributed by atoms with Crippen molar-refractivity contribution in [3.05, 3.63) is 0 Å². The van der Waals surface area contributed by atoms with Crippen LogP contribution in [0.4, 0.5) is 4.79 Å². The minimum absolute atomic E-state index is 0.123. The summed E-state index contributed by atoms with van der Waals surface area (Å²) in [4.78, 5) is 37.3. The predicted molar refractivity (Wildman–Crippen MR) is 117 cm³/mol. The molecule has 2 amide bonds. The first-order valence-corrected chi connectivity index (χ1v) is 13.0. The second kappa shape index (κ2) is 10.6. The number of ether oxygens (including phenoxy) is 2. The summed E-state index contributed by atoms with van der Waals surface area (Å²) in [6.45, 7) is 18.4. The fraction of sp³-hybridized carbons (Fsp3) is 0.850. The Morgan fingerprint density at radius 1 is 0.933 bits per heavy atom. The van der Waals surface area contributed by atoms with Crippen LogP contribution in [-0.2, 0) is 23.5 Å². The second-order valence-electron chi connectivity index (χ2n) is 9.96. The molecule has 0 aromatic rings. The maximum absolute atomic E-state index is 13.0. The van der Waals surface area contributed by atoms with E-state index in [1.165, 1.54) is 6.92 Å². The summed E-state index contributed by atoms with van der Waals surface area (Å²) in [5.74, 6) is -1.49. The Kier molecular flexibility index (Phi) is 10.0. The van der Waals surface area contributed by atoms with E-state index >= 15 is 0 Å². The van der Waals surface area contributed by atoms with Crippen LogP contribution < -0.4 is 10.6 Å². The van der Waals surface area contributed by atoms with Crippen LogP contribution in [0.15, 0.2) is 0 Å². The third kappa shape index (κ3) is 9.01. The van der Waals surface area contributed by atoms with Gasteiger partial charge in [-0.05, 0) is 52.8 Å². The molecule has 3 N–H and O–H groups in total. The first-order chi connectivity index (χ1) is 13.3. The molecule has 9 nitrogen and oxygen atoms in total. The van der Waals surface area contributed by atoms with E-state index in [9.17, 15) is 19.5 Å². The maximum Gasteiger partial charge on any atom is 0.408 e. The van der Waals surface area contributed by atoms with E-state index in [1.54, 1.807) is 27.7 Å². The number of carbonyl (C=O) groups excluding carboxylic acids is 3. The molecule has 0 heterocycles. The minimum Gasteiger partial charge on any atom is -0.467 e. The molecule has 176 valence electrons. The quantitative estimate of drug-likeness (QED) is 0.385. The maximum atomic E-state index is 13.0. The zero-order chi connectivity index (χ0) is 24.1. The molecular formula is C20H40N2O7Si. The summed E-state index contributed by atoms with van der Waals surface area (Å²) in [6.07, 6.45) is -2.70. The monoisotopic (exact) mass is 448 g/mol. The molecule has 0 unspecified atom stereocenters. The van der Waals surface area contributed by atoms with Crippen LogP contribution >= 0.6 is 0 Å². The first kappa shape index (κ1) is 28.3. The zero-order valence-electron chi connectivity index (χ0n) is 20.2. The highest BCUT2D eigenvalue weighted by Crippen LogP contribution is 2.37. The van der Waals surface area contributed by atoms with Gasteiger partial charge < -0.3 is 29.6 Å². The molecule has 30 heavy (non-hydrogen) atoms. The van der Waals surface area contributed by atoms with Gasteiger partial charge in [-0.25, -0.2) is 9.59 Å². The Balaban J connectivity index is 5.73. The Hall–Kier alpha value is -1.65. The van der Waals surface area contributed by atoms with Crippen LogP contribution in [0.3, 0.4) is 0 Å². The fourth-order valence-corrected chi connectivity index (χ4v) is 3.71.